The van der Waals surface area contributed by atoms with Gasteiger partial charge in [0.05, 0.1) is 0 Å². The molecule has 3 rings (SSSR count). The van der Waals surface area contributed by atoms with Crippen molar-refractivity contribution in [2.45, 2.75) is 58.0 Å². The van der Waals surface area contributed by atoms with Crippen molar-refractivity contribution >= 4 is 17.6 Å². The van der Waals surface area contributed by atoms with Crippen LogP contribution >= 0.6 is 0 Å². The summed E-state index contributed by atoms with van der Waals surface area (Å²) in [5, 5.41) is 6.83. The van der Waals surface area contributed by atoms with Crippen molar-refractivity contribution in [3.05, 3.63) is 29.8 Å². The Morgan fingerprint density at radius 3 is 2.68 bits per heavy atom. The summed E-state index contributed by atoms with van der Waals surface area (Å²) in [5.41, 5.74) is 2.56. The monoisotopic (exact) mass is 385 g/mol. The number of hydrogen-bond donors (Lipinski definition) is 2. The molecule has 0 saturated carbocycles. The molecule has 6 nitrogen and oxygen atoms in total. The van der Waals surface area contributed by atoms with Gasteiger partial charge in [-0.25, -0.2) is 0 Å². The lowest BCUT2D eigenvalue weighted by Crippen LogP contribution is -2.46. The fourth-order valence-electron chi connectivity index (χ4n) is 4.16. The van der Waals surface area contributed by atoms with Gasteiger partial charge < -0.3 is 20.4 Å². The summed E-state index contributed by atoms with van der Waals surface area (Å²) >= 11 is 0. The number of hydrogen-bond acceptors (Lipinski definition) is 3. The lowest BCUT2D eigenvalue weighted by molar-refractivity contribution is -0.134. The van der Waals surface area contributed by atoms with Crippen molar-refractivity contribution in [2.75, 3.05) is 38.1 Å². The fraction of sp³-hybridized carbons (Fsp3) is 0.636. The summed E-state index contributed by atoms with van der Waals surface area (Å²) < 4.78 is 0. The first kappa shape index (κ1) is 20.5. The summed E-state index contributed by atoms with van der Waals surface area (Å²) in [5.74, 6) is 1.04. The predicted molar refractivity (Wildman–Crippen MR) is 116 cm³/mol. The summed E-state index contributed by atoms with van der Waals surface area (Å²) in [4.78, 5) is 21.2. The van der Waals surface area contributed by atoms with Crippen LogP contribution in [0.3, 0.4) is 0 Å². The van der Waals surface area contributed by atoms with Crippen molar-refractivity contribution in [3.8, 4) is 0 Å². The number of guanidine groups is 1. The van der Waals surface area contributed by atoms with E-state index in [-0.39, 0.29) is 5.91 Å². The molecular formula is C22H35N5O. The van der Waals surface area contributed by atoms with E-state index < -0.39 is 0 Å². The van der Waals surface area contributed by atoms with Crippen LogP contribution in [0, 0.1) is 6.92 Å². The zero-order valence-electron chi connectivity index (χ0n) is 17.6. The third kappa shape index (κ3) is 5.40. The van der Waals surface area contributed by atoms with Gasteiger partial charge in [-0.3, -0.25) is 9.79 Å². The third-order valence-corrected chi connectivity index (χ3v) is 5.91. The molecule has 0 radical (unpaired) electrons. The topological polar surface area (TPSA) is 60.0 Å². The molecule has 6 heteroatoms. The SMILES string of the molecule is CN=C(NCCC(=O)N1CCCCC1C)NC1CCN(c2ccc(C)cc2)C1. The van der Waals surface area contributed by atoms with E-state index in [2.05, 4.69) is 58.6 Å². The van der Waals surface area contributed by atoms with Crippen molar-refractivity contribution in [2.24, 2.45) is 4.99 Å². The first-order chi connectivity index (χ1) is 13.6. The van der Waals surface area contributed by atoms with Gasteiger partial charge in [0.15, 0.2) is 5.96 Å². The zero-order chi connectivity index (χ0) is 19.9. The van der Waals surface area contributed by atoms with E-state index in [0.717, 1.165) is 44.9 Å². The highest BCUT2D eigenvalue weighted by molar-refractivity contribution is 5.81. The Kier molecular flexibility index (Phi) is 7.18. The Labute approximate surface area is 169 Å². The smallest absolute Gasteiger partial charge is 0.224 e. The van der Waals surface area contributed by atoms with Gasteiger partial charge in [-0.2, -0.15) is 0 Å². The molecule has 0 aliphatic carbocycles. The maximum absolute atomic E-state index is 12.5. The molecule has 1 aromatic rings. The van der Waals surface area contributed by atoms with Gasteiger partial charge >= 0.3 is 0 Å². The molecule has 2 atom stereocenters. The highest BCUT2D eigenvalue weighted by Gasteiger charge is 2.24. The van der Waals surface area contributed by atoms with Crippen LogP contribution in [0.1, 0.15) is 44.6 Å². The number of rotatable bonds is 5. The molecule has 1 amide bonds. The Bertz CT molecular complexity index is 672. The van der Waals surface area contributed by atoms with Crippen LogP contribution in [0.5, 0.6) is 0 Å². The number of piperidine rings is 1. The van der Waals surface area contributed by atoms with E-state index in [4.69, 9.17) is 0 Å². The van der Waals surface area contributed by atoms with E-state index >= 15 is 0 Å². The van der Waals surface area contributed by atoms with Gasteiger partial charge in [0.1, 0.15) is 0 Å². The number of nitrogens with zero attached hydrogens (tertiary/aromatic N) is 3. The third-order valence-electron chi connectivity index (χ3n) is 5.91. The van der Waals surface area contributed by atoms with E-state index in [1.54, 1.807) is 7.05 Å². The van der Waals surface area contributed by atoms with E-state index in [9.17, 15) is 4.79 Å². The van der Waals surface area contributed by atoms with Crippen LogP contribution in [-0.4, -0.2) is 62.1 Å². The van der Waals surface area contributed by atoms with Crippen LogP contribution in [0.4, 0.5) is 5.69 Å². The van der Waals surface area contributed by atoms with Crippen molar-refractivity contribution in [1.29, 1.82) is 0 Å². The molecule has 0 spiro atoms. The van der Waals surface area contributed by atoms with E-state index in [1.165, 1.54) is 17.7 Å². The molecule has 28 heavy (non-hydrogen) atoms. The van der Waals surface area contributed by atoms with Crippen molar-refractivity contribution in [3.63, 3.8) is 0 Å². The first-order valence-corrected chi connectivity index (χ1v) is 10.6. The number of carbonyl (C=O) groups excluding carboxylic acids is 1. The maximum Gasteiger partial charge on any atom is 0.224 e. The first-order valence-electron chi connectivity index (χ1n) is 10.6. The highest BCUT2D eigenvalue weighted by atomic mass is 16.2. The van der Waals surface area contributed by atoms with Crippen molar-refractivity contribution in [1.82, 2.24) is 15.5 Å². The summed E-state index contributed by atoms with van der Waals surface area (Å²) in [7, 11) is 1.79. The van der Waals surface area contributed by atoms with Gasteiger partial charge in [-0.15, -0.1) is 0 Å². The molecule has 2 heterocycles. The molecule has 1 aromatic carbocycles. The number of likely N-dealkylation sites (tertiary alicyclic amines) is 1. The quantitative estimate of drug-likeness (QED) is 0.604. The number of amides is 1. The molecule has 2 fully saturated rings. The van der Waals surface area contributed by atoms with Crippen LogP contribution in [-0.2, 0) is 4.79 Å². The minimum Gasteiger partial charge on any atom is -0.369 e. The average Bonchev–Trinajstić information content (AvgIpc) is 3.16. The molecule has 0 bridgehead atoms. The van der Waals surface area contributed by atoms with Crippen LogP contribution in [0.15, 0.2) is 29.3 Å². The molecular weight excluding hydrogens is 350 g/mol. The Hall–Kier alpha value is -2.24. The molecule has 2 aliphatic rings. The zero-order valence-corrected chi connectivity index (χ0v) is 17.6. The lowest BCUT2D eigenvalue weighted by atomic mass is 10.0. The predicted octanol–water partition coefficient (Wildman–Crippen LogP) is 2.53. The number of carbonyl (C=O) groups is 1. The lowest BCUT2D eigenvalue weighted by Gasteiger charge is -2.33. The van der Waals surface area contributed by atoms with Gasteiger partial charge in [-0.05, 0) is 51.7 Å². The highest BCUT2D eigenvalue weighted by Crippen LogP contribution is 2.21. The minimum absolute atomic E-state index is 0.251. The number of aliphatic imine (C=N–C) groups is 1. The number of benzene rings is 1. The number of nitrogens with one attached hydrogen (secondary N) is 2. The average molecular weight is 386 g/mol. The Morgan fingerprint density at radius 2 is 1.96 bits per heavy atom. The molecule has 2 unspecified atom stereocenters. The number of anilines is 1. The fourth-order valence-corrected chi connectivity index (χ4v) is 4.16. The second-order valence-electron chi connectivity index (χ2n) is 8.09. The summed E-state index contributed by atoms with van der Waals surface area (Å²) in [6.07, 6.45) is 5.10. The summed E-state index contributed by atoms with van der Waals surface area (Å²) in [6.45, 7) is 7.81. The second kappa shape index (κ2) is 9.80. The normalized spacial score (nSPS) is 23.0. The van der Waals surface area contributed by atoms with Gasteiger partial charge in [0.2, 0.25) is 5.91 Å². The number of aryl methyl sites for hydroxylation is 1. The Balaban J connectivity index is 1.41. The Morgan fingerprint density at radius 1 is 1.18 bits per heavy atom. The van der Waals surface area contributed by atoms with Crippen LogP contribution in [0.25, 0.3) is 0 Å². The molecule has 154 valence electrons. The summed E-state index contributed by atoms with van der Waals surface area (Å²) in [6, 6.07) is 9.46. The van der Waals surface area contributed by atoms with Crippen molar-refractivity contribution < 1.29 is 4.79 Å². The molecule has 2 saturated heterocycles. The van der Waals surface area contributed by atoms with E-state index in [1.807, 2.05) is 4.90 Å². The van der Waals surface area contributed by atoms with Gasteiger partial charge in [-0.1, -0.05) is 17.7 Å². The second-order valence-corrected chi connectivity index (χ2v) is 8.09. The molecule has 2 aliphatic heterocycles. The molecule has 0 aromatic heterocycles. The maximum atomic E-state index is 12.5. The van der Waals surface area contributed by atoms with Crippen LogP contribution < -0.4 is 15.5 Å². The minimum atomic E-state index is 0.251. The largest absolute Gasteiger partial charge is 0.369 e. The van der Waals surface area contributed by atoms with E-state index in [0.29, 0.717) is 25.0 Å². The molecule has 2 N–H and O–H groups in total. The standard InChI is InChI=1S/C22H35N5O/c1-17-7-9-20(10-8-17)26-15-12-19(16-26)25-22(23-3)24-13-11-21(28)27-14-5-4-6-18(27)2/h7-10,18-19H,4-6,11-16H2,1-3H3,(H2,23,24,25). The van der Waals surface area contributed by atoms with Gasteiger partial charge in [0, 0.05) is 57.4 Å². The van der Waals surface area contributed by atoms with Gasteiger partial charge in [0.25, 0.3) is 0 Å². The van der Waals surface area contributed by atoms with Crippen LogP contribution in [0.2, 0.25) is 0 Å².